The predicted molar refractivity (Wildman–Crippen MR) is 67.1 cm³/mol. The van der Waals surface area contributed by atoms with Crippen molar-refractivity contribution in [2.75, 3.05) is 0 Å². The number of allylic oxidation sites excluding steroid dienone is 2. The molecule has 1 atom stereocenters. The third-order valence-electron chi connectivity index (χ3n) is 3.24. The van der Waals surface area contributed by atoms with Crippen molar-refractivity contribution in [1.29, 1.82) is 0 Å². The van der Waals surface area contributed by atoms with Crippen molar-refractivity contribution in [3.63, 3.8) is 0 Å². The fourth-order valence-electron chi connectivity index (χ4n) is 2.35. The van der Waals surface area contributed by atoms with Crippen LogP contribution in [-0.2, 0) is 4.79 Å². The van der Waals surface area contributed by atoms with Gasteiger partial charge in [0.05, 0.1) is 0 Å². The van der Waals surface area contributed by atoms with Gasteiger partial charge in [-0.25, -0.2) is 0 Å². The maximum Gasteiger partial charge on any atom is 0.133 e. The summed E-state index contributed by atoms with van der Waals surface area (Å²) < 4.78 is 0. The van der Waals surface area contributed by atoms with Crippen LogP contribution in [-0.4, -0.2) is 5.78 Å². The summed E-state index contributed by atoms with van der Waals surface area (Å²) >= 11 is 0. The molecule has 0 radical (unpaired) electrons. The zero-order valence-electron chi connectivity index (χ0n) is 9.78. The molecule has 1 heteroatoms. The highest BCUT2D eigenvalue weighted by Gasteiger charge is 2.17. The Morgan fingerprint density at radius 3 is 2.75 bits per heavy atom. The highest BCUT2D eigenvalue weighted by molar-refractivity contribution is 5.80. The summed E-state index contributed by atoms with van der Waals surface area (Å²) in [7, 11) is 0. The van der Waals surface area contributed by atoms with Crippen molar-refractivity contribution in [3.05, 3.63) is 42.0 Å². The Labute approximate surface area is 97.2 Å². The Kier molecular flexibility index (Phi) is 3.55. The van der Waals surface area contributed by atoms with Crippen molar-refractivity contribution >= 4 is 11.4 Å². The van der Waals surface area contributed by atoms with Gasteiger partial charge < -0.3 is 0 Å². The van der Waals surface area contributed by atoms with E-state index in [9.17, 15) is 4.79 Å². The van der Waals surface area contributed by atoms with Crippen LogP contribution in [0.1, 0.15) is 38.2 Å². The first kappa shape index (κ1) is 11.1. The van der Waals surface area contributed by atoms with E-state index in [0.29, 0.717) is 11.7 Å². The molecule has 0 bridgehead atoms. The number of Topliss-reactive ketones (excluding diaryl/α,β-unsaturated/α-hetero) is 1. The van der Waals surface area contributed by atoms with Crippen LogP contribution >= 0.6 is 0 Å². The topological polar surface area (TPSA) is 17.1 Å². The lowest BCUT2D eigenvalue weighted by atomic mass is 9.86. The Balaban J connectivity index is 2.09. The van der Waals surface area contributed by atoms with Crippen LogP contribution in [0.2, 0.25) is 0 Å². The second-order valence-corrected chi connectivity index (χ2v) is 4.61. The van der Waals surface area contributed by atoms with Crippen LogP contribution in [0.4, 0.5) is 0 Å². The summed E-state index contributed by atoms with van der Waals surface area (Å²) in [5.74, 6) is 0.884. The number of carbonyl (C=O) groups excluding carboxylic acids is 1. The molecular weight excluding hydrogens is 196 g/mol. The van der Waals surface area contributed by atoms with Crippen LogP contribution in [0.5, 0.6) is 0 Å². The average molecular weight is 214 g/mol. The average Bonchev–Trinajstić information content (AvgIpc) is 2.30. The third-order valence-corrected chi connectivity index (χ3v) is 3.24. The number of rotatable bonds is 2. The van der Waals surface area contributed by atoms with E-state index in [-0.39, 0.29) is 0 Å². The number of benzene rings is 1. The van der Waals surface area contributed by atoms with Gasteiger partial charge in [0, 0.05) is 12.8 Å². The molecule has 0 aromatic heterocycles. The molecule has 0 spiro atoms. The van der Waals surface area contributed by atoms with Gasteiger partial charge in [-0.1, -0.05) is 36.4 Å². The maximum absolute atomic E-state index is 11.4. The molecule has 2 rings (SSSR count). The van der Waals surface area contributed by atoms with E-state index < -0.39 is 0 Å². The summed E-state index contributed by atoms with van der Waals surface area (Å²) in [6.45, 7) is 2.13. The Morgan fingerprint density at radius 1 is 1.31 bits per heavy atom. The molecule has 1 aromatic carbocycles. The van der Waals surface area contributed by atoms with Gasteiger partial charge in [0.2, 0.25) is 0 Å². The molecule has 1 nitrogen and oxygen atoms in total. The lowest BCUT2D eigenvalue weighted by Gasteiger charge is -2.18. The molecule has 1 aromatic rings. The summed E-state index contributed by atoms with van der Waals surface area (Å²) in [5.41, 5.74) is 2.56. The second kappa shape index (κ2) is 5.11. The van der Waals surface area contributed by atoms with Gasteiger partial charge >= 0.3 is 0 Å². The van der Waals surface area contributed by atoms with Crippen molar-refractivity contribution in [1.82, 2.24) is 0 Å². The number of ketones is 1. The van der Waals surface area contributed by atoms with Gasteiger partial charge in [0.1, 0.15) is 5.78 Å². The van der Waals surface area contributed by atoms with E-state index in [2.05, 4.69) is 37.3 Å². The van der Waals surface area contributed by atoms with Crippen molar-refractivity contribution in [2.24, 2.45) is 5.92 Å². The van der Waals surface area contributed by atoms with E-state index in [4.69, 9.17) is 0 Å². The zero-order valence-corrected chi connectivity index (χ0v) is 9.78. The highest BCUT2D eigenvalue weighted by atomic mass is 16.1. The van der Waals surface area contributed by atoms with E-state index in [1.807, 2.05) is 6.07 Å². The molecule has 0 saturated heterocycles. The summed E-state index contributed by atoms with van der Waals surface area (Å²) in [4.78, 5) is 11.4. The monoisotopic (exact) mass is 214 g/mol. The first-order valence-corrected chi connectivity index (χ1v) is 6.01. The predicted octanol–water partition coefficient (Wildman–Crippen LogP) is 3.85. The normalized spacial score (nSPS) is 22.2. The summed E-state index contributed by atoms with van der Waals surface area (Å²) in [6, 6.07) is 10.4. The standard InChI is InChI=1S/C15H18O/c1-12(14-7-3-2-4-8-14)10-13-6-5-9-15(16)11-13/h2-4,7-8,10,13H,5-6,9,11H2,1H3. The molecule has 0 amide bonds. The molecule has 0 heterocycles. The minimum Gasteiger partial charge on any atom is -0.300 e. The Bertz CT molecular complexity index is 389. The zero-order chi connectivity index (χ0) is 11.4. The lowest BCUT2D eigenvalue weighted by Crippen LogP contribution is -2.13. The van der Waals surface area contributed by atoms with Gasteiger partial charge in [-0.3, -0.25) is 4.79 Å². The van der Waals surface area contributed by atoms with Crippen molar-refractivity contribution in [3.8, 4) is 0 Å². The number of hydrogen-bond acceptors (Lipinski definition) is 1. The lowest BCUT2D eigenvalue weighted by molar-refractivity contribution is -0.121. The number of carbonyl (C=O) groups is 1. The second-order valence-electron chi connectivity index (χ2n) is 4.61. The molecule has 1 aliphatic rings. The largest absolute Gasteiger partial charge is 0.300 e. The molecule has 1 aliphatic carbocycles. The van der Waals surface area contributed by atoms with E-state index in [1.54, 1.807) is 0 Å². The highest BCUT2D eigenvalue weighted by Crippen LogP contribution is 2.26. The van der Waals surface area contributed by atoms with Crippen LogP contribution in [0.25, 0.3) is 5.57 Å². The smallest absolute Gasteiger partial charge is 0.133 e. The molecule has 0 N–H and O–H groups in total. The first-order chi connectivity index (χ1) is 7.75. The first-order valence-electron chi connectivity index (χ1n) is 6.01. The summed E-state index contributed by atoms with van der Waals surface area (Å²) in [6.07, 6.45) is 6.02. The van der Waals surface area contributed by atoms with Gasteiger partial charge in [0.25, 0.3) is 0 Å². The number of hydrogen-bond donors (Lipinski definition) is 0. The van der Waals surface area contributed by atoms with Crippen molar-refractivity contribution in [2.45, 2.75) is 32.6 Å². The quantitative estimate of drug-likeness (QED) is 0.730. The molecular formula is C15H18O. The van der Waals surface area contributed by atoms with E-state index >= 15 is 0 Å². The fraction of sp³-hybridized carbons (Fsp3) is 0.400. The van der Waals surface area contributed by atoms with Gasteiger partial charge in [-0.15, -0.1) is 0 Å². The van der Waals surface area contributed by atoms with Crippen molar-refractivity contribution < 1.29 is 4.79 Å². The fourth-order valence-corrected chi connectivity index (χ4v) is 2.35. The minimum atomic E-state index is 0.424. The van der Waals surface area contributed by atoms with Gasteiger partial charge in [-0.05, 0) is 36.8 Å². The molecule has 0 aliphatic heterocycles. The van der Waals surface area contributed by atoms with E-state index in [0.717, 1.165) is 25.7 Å². The Hall–Kier alpha value is -1.37. The maximum atomic E-state index is 11.4. The van der Waals surface area contributed by atoms with Crippen LogP contribution in [0, 0.1) is 5.92 Å². The summed E-state index contributed by atoms with van der Waals surface area (Å²) in [5, 5.41) is 0. The molecule has 1 fully saturated rings. The van der Waals surface area contributed by atoms with Crippen LogP contribution < -0.4 is 0 Å². The Morgan fingerprint density at radius 2 is 2.06 bits per heavy atom. The van der Waals surface area contributed by atoms with E-state index in [1.165, 1.54) is 11.1 Å². The SMILES string of the molecule is CC(=CC1CCCC(=O)C1)c1ccccc1. The molecule has 84 valence electrons. The van der Waals surface area contributed by atoms with Gasteiger partial charge in [-0.2, -0.15) is 0 Å². The molecule has 16 heavy (non-hydrogen) atoms. The van der Waals surface area contributed by atoms with Gasteiger partial charge in [0.15, 0.2) is 0 Å². The minimum absolute atomic E-state index is 0.424. The van der Waals surface area contributed by atoms with Crippen LogP contribution in [0.3, 0.4) is 0 Å². The third kappa shape index (κ3) is 2.82. The van der Waals surface area contributed by atoms with Crippen LogP contribution in [0.15, 0.2) is 36.4 Å². The molecule has 1 saturated carbocycles. The molecule has 1 unspecified atom stereocenters.